The molecule has 0 N–H and O–H groups in total. The molecule has 7 nitrogen and oxygen atoms in total. The van der Waals surface area contributed by atoms with Crippen molar-refractivity contribution in [1.29, 1.82) is 0 Å². The van der Waals surface area contributed by atoms with Gasteiger partial charge in [0.2, 0.25) is 0 Å². The van der Waals surface area contributed by atoms with Crippen molar-refractivity contribution in [2.45, 2.75) is 25.7 Å². The van der Waals surface area contributed by atoms with Crippen LogP contribution in [0.2, 0.25) is 5.02 Å². The fourth-order valence-corrected chi connectivity index (χ4v) is 4.43. The second kappa shape index (κ2) is 10.3. The topological polar surface area (TPSA) is 59.3 Å². The Hall–Kier alpha value is -2.69. The van der Waals surface area contributed by atoms with Crippen molar-refractivity contribution in [2.24, 2.45) is 0 Å². The average molecular weight is 495 g/mol. The monoisotopic (exact) mass is 494 g/mol. The Kier molecular flexibility index (Phi) is 7.39. The van der Waals surface area contributed by atoms with Gasteiger partial charge in [0, 0.05) is 44.0 Å². The normalized spacial score (nSPS) is 16.1. The van der Waals surface area contributed by atoms with Crippen LogP contribution in [-0.2, 0) is 17.5 Å². The van der Waals surface area contributed by atoms with E-state index in [1.54, 1.807) is 11.8 Å². The highest BCUT2D eigenvalue weighted by Gasteiger charge is 2.33. The average Bonchev–Trinajstić information content (AvgIpc) is 3.28. The van der Waals surface area contributed by atoms with E-state index in [4.69, 9.17) is 16.3 Å². The summed E-state index contributed by atoms with van der Waals surface area (Å²) in [5, 5.41) is 12.8. The number of rotatable bonds is 7. The molecule has 0 saturated carbocycles. The van der Waals surface area contributed by atoms with E-state index in [1.165, 1.54) is 12.1 Å². The SMILES string of the molecule is COCCn1nnnc1C(c1ccc(C(F)(F)F)cc1)N1CCN(c2cc(Cl)ccc2C)CC1. The van der Waals surface area contributed by atoms with Gasteiger partial charge in [-0.3, -0.25) is 4.90 Å². The first-order chi connectivity index (χ1) is 16.3. The van der Waals surface area contributed by atoms with Crippen LogP contribution in [0.1, 0.15) is 28.6 Å². The van der Waals surface area contributed by atoms with Crippen LogP contribution in [0.25, 0.3) is 0 Å². The number of piperazine rings is 1. The molecule has 182 valence electrons. The van der Waals surface area contributed by atoms with E-state index in [0.29, 0.717) is 42.7 Å². The van der Waals surface area contributed by atoms with Crippen LogP contribution < -0.4 is 4.90 Å². The highest BCUT2D eigenvalue weighted by atomic mass is 35.5. The molecule has 34 heavy (non-hydrogen) atoms. The number of aromatic nitrogens is 4. The molecule has 0 amide bonds. The molecule has 0 aliphatic carbocycles. The Bertz CT molecular complexity index is 1100. The predicted molar refractivity (Wildman–Crippen MR) is 123 cm³/mol. The van der Waals surface area contributed by atoms with Gasteiger partial charge in [0.25, 0.3) is 0 Å². The molecule has 0 bridgehead atoms. The number of aryl methyl sites for hydroxylation is 1. The third-order valence-electron chi connectivity index (χ3n) is 6.06. The molecule has 2 heterocycles. The maximum Gasteiger partial charge on any atom is 0.416 e. The summed E-state index contributed by atoms with van der Waals surface area (Å²) in [6, 6.07) is 10.7. The molecule has 11 heteroatoms. The number of benzene rings is 2. The lowest BCUT2D eigenvalue weighted by molar-refractivity contribution is -0.137. The lowest BCUT2D eigenvalue weighted by Crippen LogP contribution is -2.48. The highest BCUT2D eigenvalue weighted by Crippen LogP contribution is 2.34. The first-order valence-electron chi connectivity index (χ1n) is 10.9. The van der Waals surface area contributed by atoms with Gasteiger partial charge in [0.15, 0.2) is 5.82 Å². The molecule has 1 aliphatic heterocycles. The molecule has 3 aromatic rings. The zero-order chi connectivity index (χ0) is 24.3. The Morgan fingerprint density at radius 1 is 1.06 bits per heavy atom. The van der Waals surface area contributed by atoms with E-state index in [0.717, 1.165) is 36.5 Å². The molecule has 0 radical (unpaired) electrons. The van der Waals surface area contributed by atoms with Crippen LogP contribution in [0.3, 0.4) is 0 Å². The van der Waals surface area contributed by atoms with Crippen molar-refractivity contribution in [1.82, 2.24) is 25.1 Å². The fraction of sp³-hybridized carbons (Fsp3) is 0.435. The molecule has 1 fully saturated rings. The van der Waals surface area contributed by atoms with Crippen molar-refractivity contribution < 1.29 is 17.9 Å². The van der Waals surface area contributed by atoms with Crippen LogP contribution >= 0.6 is 11.6 Å². The van der Waals surface area contributed by atoms with Crippen molar-refractivity contribution in [3.63, 3.8) is 0 Å². The standard InChI is InChI=1S/C23H26ClF3N6O/c1-16-3-8-19(24)15-20(16)31-9-11-32(12-10-31)21(22-28-29-30-33(22)13-14-34-2)17-4-6-18(7-5-17)23(25,26)27/h3-8,15,21H,9-14H2,1-2H3. The summed E-state index contributed by atoms with van der Waals surface area (Å²) in [7, 11) is 1.59. The van der Waals surface area contributed by atoms with Gasteiger partial charge >= 0.3 is 6.18 Å². The number of alkyl halides is 3. The summed E-state index contributed by atoms with van der Waals surface area (Å²) in [6.07, 6.45) is -4.39. The summed E-state index contributed by atoms with van der Waals surface area (Å²) < 4.78 is 46.2. The number of hydrogen-bond donors (Lipinski definition) is 0. The number of halogens is 4. The summed E-state index contributed by atoms with van der Waals surface area (Å²) >= 11 is 6.21. The highest BCUT2D eigenvalue weighted by molar-refractivity contribution is 6.30. The quantitative estimate of drug-likeness (QED) is 0.490. The van der Waals surface area contributed by atoms with Gasteiger partial charge in [0.05, 0.1) is 24.8 Å². The molecular formula is C23H26ClF3N6O. The van der Waals surface area contributed by atoms with Crippen LogP contribution in [0.5, 0.6) is 0 Å². The van der Waals surface area contributed by atoms with E-state index in [-0.39, 0.29) is 0 Å². The smallest absolute Gasteiger partial charge is 0.383 e. The first-order valence-corrected chi connectivity index (χ1v) is 11.3. The van der Waals surface area contributed by atoms with E-state index in [2.05, 4.69) is 25.3 Å². The minimum atomic E-state index is -4.39. The third-order valence-corrected chi connectivity index (χ3v) is 6.29. The molecule has 1 atom stereocenters. The van der Waals surface area contributed by atoms with Gasteiger partial charge in [-0.2, -0.15) is 13.2 Å². The zero-order valence-corrected chi connectivity index (χ0v) is 19.7. The second-order valence-electron chi connectivity index (χ2n) is 8.23. The summed E-state index contributed by atoms with van der Waals surface area (Å²) in [6.45, 7) is 5.73. The zero-order valence-electron chi connectivity index (χ0n) is 19.0. The maximum absolute atomic E-state index is 13.1. The third kappa shape index (κ3) is 5.34. The van der Waals surface area contributed by atoms with E-state index in [1.807, 2.05) is 25.1 Å². The first kappa shape index (κ1) is 24.4. The van der Waals surface area contributed by atoms with Gasteiger partial charge in [-0.25, -0.2) is 4.68 Å². The number of ether oxygens (including phenoxy) is 1. The van der Waals surface area contributed by atoms with Crippen LogP contribution in [0, 0.1) is 6.92 Å². The van der Waals surface area contributed by atoms with Gasteiger partial charge in [-0.15, -0.1) is 5.10 Å². The van der Waals surface area contributed by atoms with Gasteiger partial charge in [-0.1, -0.05) is 29.8 Å². The number of hydrogen-bond acceptors (Lipinski definition) is 6. The van der Waals surface area contributed by atoms with Crippen molar-refractivity contribution in [3.8, 4) is 0 Å². The number of methoxy groups -OCH3 is 1. The van der Waals surface area contributed by atoms with Gasteiger partial charge in [0.1, 0.15) is 0 Å². The molecule has 0 spiro atoms. The summed E-state index contributed by atoms with van der Waals surface area (Å²) in [4.78, 5) is 4.48. The number of anilines is 1. The van der Waals surface area contributed by atoms with Crippen molar-refractivity contribution in [2.75, 3.05) is 44.8 Å². The Morgan fingerprint density at radius 2 is 1.76 bits per heavy atom. The lowest BCUT2D eigenvalue weighted by atomic mass is 10.0. The predicted octanol–water partition coefficient (Wildman–Crippen LogP) is 4.21. The van der Waals surface area contributed by atoms with Crippen LogP contribution in [0.4, 0.5) is 18.9 Å². The minimum Gasteiger partial charge on any atom is -0.383 e. The van der Waals surface area contributed by atoms with E-state index in [9.17, 15) is 13.2 Å². The Morgan fingerprint density at radius 3 is 2.41 bits per heavy atom. The van der Waals surface area contributed by atoms with Gasteiger partial charge < -0.3 is 9.64 Å². The van der Waals surface area contributed by atoms with Crippen molar-refractivity contribution in [3.05, 3.63) is 70.0 Å². The lowest BCUT2D eigenvalue weighted by Gasteiger charge is -2.40. The summed E-state index contributed by atoms with van der Waals surface area (Å²) in [5.74, 6) is 0.573. The molecule has 2 aromatic carbocycles. The summed E-state index contributed by atoms with van der Waals surface area (Å²) in [5.41, 5.74) is 2.24. The molecule has 1 saturated heterocycles. The fourth-order valence-electron chi connectivity index (χ4n) is 4.27. The largest absolute Gasteiger partial charge is 0.416 e. The molecule has 1 aliphatic rings. The van der Waals surface area contributed by atoms with Crippen LogP contribution in [0.15, 0.2) is 42.5 Å². The van der Waals surface area contributed by atoms with E-state index < -0.39 is 17.8 Å². The Balaban J connectivity index is 1.62. The number of nitrogens with zero attached hydrogens (tertiary/aromatic N) is 6. The number of tetrazole rings is 1. The molecule has 1 unspecified atom stereocenters. The minimum absolute atomic E-state index is 0.392. The Labute approximate surface area is 201 Å². The van der Waals surface area contributed by atoms with Gasteiger partial charge in [-0.05, 0) is 52.7 Å². The molecule has 1 aromatic heterocycles. The van der Waals surface area contributed by atoms with E-state index >= 15 is 0 Å². The van der Waals surface area contributed by atoms with Crippen LogP contribution in [-0.4, -0.2) is 65.0 Å². The van der Waals surface area contributed by atoms with Crippen molar-refractivity contribution >= 4 is 17.3 Å². The molecular weight excluding hydrogens is 469 g/mol. The second-order valence-corrected chi connectivity index (χ2v) is 8.67. The molecule has 4 rings (SSSR count). The maximum atomic E-state index is 13.1.